The number of methoxy groups -OCH3 is 1. The average Bonchev–Trinajstić information content (AvgIpc) is 3.01. The number of hydrogen-bond donors (Lipinski definition) is 2. The lowest BCUT2D eigenvalue weighted by Gasteiger charge is -2.16. The summed E-state index contributed by atoms with van der Waals surface area (Å²) in [6, 6.07) is 20.2. The molecule has 1 amide bonds. The van der Waals surface area contributed by atoms with Crippen LogP contribution < -0.4 is 15.4 Å². The predicted octanol–water partition coefficient (Wildman–Crippen LogP) is 4.76. The van der Waals surface area contributed by atoms with Crippen molar-refractivity contribution in [1.82, 2.24) is 5.32 Å². The number of amides is 1. The molecule has 1 aliphatic rings. The smallest absolute Gasteiger partial charge is 0.260 e. The van der Waals surface area contributed by atoms with E-state index in [1.54, 1.807) is 7.11 Å². The van der Waals surface area contributed by atoms with Gasteiger partial charge in [0.2, 0.25) is 0 Å². The molecule has 0 spiro atoms. The third-order valence-electron chi connectivity index (χ3n) is 4.48. The van der Waals surface area contributed by atoms with Gasteiger partial charge in [-0.15, -0.1) is 0 Å². The van der Waals surface area contributed by atoms with Crippen molar-refractivity contribution in [3.8, 4) is 5.75 Å². The third kappa shape index (κ3) is 3.64. The summed E-state index contributed by atoms with van der Waals surface area (Å²) in [4.78, 5) is 13.2. The van der Waals surface area contributed by atoms with Crippen LogP contribution in [0.5, 0.6) is 5.75 Å². The van der Waals surface area contributed by atoms with Gasteiger partial charge in [0.1, 0.15) is 5.75 Å². The summed E-state index contributed by atoms with van der Waals surface area (Å²) in [5.74, 6) is 0.680. The van der Waals surface area contributed by atoms with Crippen LogP contribution in [0.4, 0.5) is 5.69 Å². The number of ether oxygens (including phenoxy) is 1. The third-order valence-corrected chi connectivity index (χ3v) is 5.51. The molecule has 1 aliphatic heterocycles. The Morgan fingerprint density at radius 1 is 1.11 bits per heavy atom. The molecular formula is C22H20N2O2S. The van der Waals surface area contributed by atoms with Crippen LogP contribution in [0.1, 0.15) is 11.1 Å². The van der Waals surface area contributed by atoms with Gasteiger partial charge in [0.15, 0.2) is 5.50 Å². The van der Waals surface area contributed by atoms with Crippen LogP contribution in [0, 0.1) is 6.92 Å². The lowest BCUT2D eigenvalue weighted by Crippen LogP contribution is -2.31. The Labute approximate surface area is 162 Å². The molecular weight excluding hydrogens is 356 g/mol. The standard InChI is InChI=1S/C22H20N2O2S/c1-14-10-11-19(26-2)18(12-14)23-22-24-21(25)20(27-22)13-16-8-5-7-15-6-3-4-9-17(15)16/h3-13,22-23H,1-2H3,(H,24,25)/b20-13-. The number of carbonyl (C=O) groups excluding carboxylic acids is 1. The van der Waals surface area contributed by atoms with E-state index < -0.39 is 0 Å². The minimum atomic E-state index is -0.241. The van der Waals surface area contributed by atoms with Crippen molar-refractivity contribution in [2.24, 2.45) is 0 Å². The highest BCUT2D eigenvalue weighted by atomic mass is 32.2. The predicted molar refractivity (Wildman–Crippen MR) is 113 cm³/mol. The van der Waals surface area contributed by atoms with Crippen molar-refractivity contribution >= 4 is 40.2 Å². The first kappa shape index (κ1) is 17.5. The minimum Gasteiger partial charge on any atom is -0.495 e. The van der Waals surface area contributed by atoms with Crippen LogP contribution in [-0.2, 0) is 4.79 Å². The zero-order chi connectivity index (χ0) is 18.8. The fourth-order valence-corrected chi connectivity index (χ4v) is 4.13. The molecule has 1 saturated heterocycles. The van der Waals surface area contributed by atoms with E-state index in [9.17, 15) is 4.79 Å². The summed E-state index contributed by atoms with van der Waals surface area (Å²) >= 11 is 1.48. The largest absolute Gasteiger partial charge is 0.495 e. The molecule has 1 unspecified atom stereocenters. The zero-order valence-corrected chi connectivity index (χ0v) is 16.0. The second-order valence-corrected chi connectivity index (χ2v) is 7.54. The Hall–Kier alpha value is -2.92. The zero-order valence-electron chi connectivity index (χ0n) is 15.2. The molecule has 1 fully saturated rings. The fraction of sp³-hybridized carbons (Fsp3) is 0.136. The average molecular weight is 376 g/mol. The maximum absolute atomic E-state index is 12.5. The summed E-state index contributed by atoms with van der Waals surface area (Å²) in [6.07, 6.45) is 1.96. The van der Waals surface area contributed by atoms with Gasteiger partial charge in [0.25, 0.3) is 5.91 Å². The van der Waals surface area contributed by atoms with Crippen molar-refractivity contribution < 1.29 is 9.53 Å². The topological polar surface area (TPSA) is 50.4 Å². The van der Waals surface area contributed by atoms with Crippen LogP contribution in [0.2, 0.25) is 0 Å². The number of anilines is 1. The highest BCUT2D eigenvalue weighted by molar-refractivity contribution is 8.05. The van der Waals surface area contributed by atoms with E-state index in [2.05, 4.69) is 28.8 Å². The monoisotopic (exact) mass is 376 g/mol. The number of hydrogen-bond acceptors (Lipinski definition) is 4. The molecule has 27 heavy (non-hydrogen) atoms. The Morgan fingerprint density at radius 2 is 1.93 bits per heavy atom. The van der Waals surface area contributed by atoms with Crippen LogP contribution >= 0.6 is 11.8 Å². The normalized spacial score (nSPS) is 17.9. The van der Waals surface area contributed by atoms with Crippen molar-refractivity contribution in [3.63, 3.8) is 0 Å². The molecule has 4 rings (SSSR count). The minimum absolute atomic E-state index is 0.0722. The molecule has 4 nitrogen and oxygen atoms in total. The highest BCUT2D eigenvalue weighted by Gasteiger charge is 2.27. The van der Waals surface area contributed by atoms with Crippen molar-refractivity contribution in [1.29, 1.82) is 0 Å². The number of nitrogens with one attached hydrogen (secondary N) is 2. The second kappa shape index (κ2) is 7.37. The maximum atomic E-state index is 12.5. The van der Waals surface area contributed by atoms with E-state index >= 15 is 0 Å². The lowest BCUT2D eigenvalue weighted by molar-refractivity contribution is -0.116. The number of carbonyl (C=O) groups is 1. The van der Waals surface area contributed by atoms with E-state index in [-0.39, 0.29) is 11.4 Å². The first-order valence-electron chi connectivity index (χ1n) is 8.72. The van der Waals surface area contributed by atoms with E-state index in [1.807, 2.05) is 55.5 Å². The Balaban J connectivity index is 1.59. The van der Waals surface area contributed by atoms with Gasteiger partial charge in [-0.05, 0) is 47.0 Å². The molecule has 0 saturated carbocycles. The van der Waals surface area contributed by atoms with Gasteiger partial charge < -0.3 is 15.4 Å². The Bertz CT molecular complexity index is 1040. The van der Waals surface area contributed by atoms with Crippen LogP contribution in [0.25, 0.3) is 16.8 Å². The van der Waals surface area contributed by atoms with E-state index in [4.69, 9.17) is 4.74 Å². The molecule has 3 aromatic carbocycles. The first-order valence-corrected chi connectivity index (χ1v) is 9.60. The van der Waals surface area contributed by atoms with Gasteiger partial charge in [-0.1, -0.05) is 60.3 Å². The van der Waals surface area contributed by atoms with Crippen LogP contribution in [-0.4, -0.2) is 18.5 Å². The van der Waals surface area contributed by atoms with Crippen molar-refractivity contribution in [2.75, 3.05) is 12.4 Å². The summed E-state index contributed by atoms with van der Waals surface area (Å²) in [7, 11) is 1.64. The van der Waals surface area contributed by atoms with Crippen molar-refractivity contribution in [2.45, 2.75) is 12.4 Å². The summed E-state index contributed by atoms with van der Waals surface area (Å²) in [5.41, 5.74) is 2.79. The number of thioether (sulfide) groups is 1. The molecule has 136 valence electrons. The van der Waals surface area contributed by atoms with E-state index in [0.717, 1.165) is 33.3 Å². The molecule has 0 aromatic heterocycles. The SMILES string of the molecule is COc1ccc(C)cc1NC1NC(=O)/C(=C/c2cccc3ccccc23)S1. The number of rotatable bonds is 4. The van der Waals surface area contributed by atoms with Gasteiger partial charge in [-0.25, -0.2) is 0 Å². The molecule has 1 atom stereocenters. The van der Waals surface area contributed by atoms with E-state index in [0.29, 0.717) is 4.91 Å². The fourth-order valence-electron chi connectivity index (χ4n) is 3.16. The summed E-state index contributed by atoms with van der Waals surface area (Å²) in [5, 5.41) is 8.63. The number of benzene rings is 3. The molecule has 3 aromatic rings. The van der Waals surface area contributed by atoms with Crippen LogP contribution in [0.15, 0.2) is 65.6 Å². The second-order valence-electron chi connectivity index (χ2n) is 6.40. The van der Waals surface area contributed by atoms with Gasteiger partial charge in [-0.2, -0.15) is 0 Å². The lowest BCUT2D eigenvalue weighted by atomic mass is 10.0. The summed E-state index contributed by atoms with van der Waals surface area (Å²) in [6.45, 7) is 2.02. The molecule has 1 heterocycles. The molecule has 0 radical (unpaired) electrons. The van der Waals surface area contributed by atoms with Crippen molar-refractivity contribution in [3.05, 3.63) is 76.7 Å². The Morgan fingerprint density at radius 3 is 2.78 bits per heavy atom. The number of fused-ring (bicyclic) bond motifs is 1. The van der Waals surface area contributed by atoms with E-state index in [1.165, 1.54) is 11.8 Å². The Kier molecular flexibility index (Phi) is 4.77. The molecule has 2 N–H and O–H groups in total. The maximum Gasteiger partial charge on any atom is 0.260 e. The quantitative estimate of drug-likeness (QED) is 0.645. The highest BCUT2D eigenvalue weighted by Crippen LogP contribution is 2.34. The van der Waals surface area contributed by atoms with Crippen LogP contribution in [0.3, 0.4) is 0 Å². The molecule has 0 aliphatic carbocycles. The van der Waals surface area contributed by atoms with Gasteiger partial charge in [-0.3, -0.25) is 4.79 Å². The van der Waals surface area contributed by atoms with Gasteiger partial charge in [0.05, 0.1) is 17.7 Å². The summed E-state index contributed by atoms with van der Waals surface area (Å²) < 4.78 is 5.41. The molecule has 0 bridgehead atoms. The molecule has 5 heteroatoms. The van der Waals surface area contributed by atoms with Gasteiger partial charge >= 0.3 is 0 Å². The first-order chi connectivity index (χ1) is 13.1. The number of aryl methyl sites for hydroxylation is 1. The van der Waals surface area contributed by atoms with Gasteiger partial charge in [0, 0.05) is 0 Å².